The van der Waals surface area contributed by atoms with Crippen molar-refractivity contribution in [3.63, 3.8) is 0 Å². The summed E-state index contributed by atoms with van der Waals surface area (Å²) < 4.78 is 9.85. The van der Waals surface area contributed by atoms with Crippen LogP contribution < -0.4 is 10.1 Å². The number of benzene rings is 4. The van der Waals surface area contributed by atoms with Crippen molar-refractivity contribution in [2.24, 2.45) is 14.1 Å². The maximum atomic E-state index is 15.4. The van der Waals surface area contributed by atoms with E-state index in [0.29, 0.717) is 89.7 Å². The average molecular weight is 916 g/mol. The number of carbonyl (C=O) groups is 3. The molecule has 2 aromatic heterocycles. The highest BCUT2D eigenvalue weighted by Crippen LogP contribution is 2.44. The first-order valence-electron chi connectivity index (χ1n) is 23.1. The van der Waals surface area contributed by atoms with Gasteiger partial charge in [-0.1, -0.05) is 36.4 Å². The molecule has 3 aliphatic heterocycles. The smallest absolute Gasteiger partial charge is 0.258 e. The summed E-state index contributed by atoms with van der Waals surface area (Å²) in [6, 6.07) is 30.5. The Hall–Kier alpha value is -6.75. The summed E-state index contributed by atoms with van der Waals surface area (Å²) in [4.78, 5) is 50.3. The molecule has 0 unspecified atom stereocenters. The summed E-state index contributed by atoms with van der Waals surface area (Å²) in [5.74, 6) is 2.72. The molecule has 9 rings (SSSR count). The van der Waals surface area contributed by atoms with E-state index in [2.05, 4.69) is 41.4 Å². The van der Waals surface area contributed by atoms with E-state index in [0.717, 1.165) is 53.3 Å². The Labute approximate surface area is 396 Å². The molecule has 67 heavy (non-hydrogen) atoms. The Morgan fingerprint density at radius 2 is 1.57 bits per heavy atom. The van der Waals surface area contributed by atoms with Crippen molar-refractivity contribution in [3.05, 3.63) is 147 Å². The fraction of sp³-hybridized carbons (Fsp3) is 0.333. The van der Waals surface area contributed by atoms with Crippen LogP contribution in [0.1, 0.15) is 72.5 Å². The Balaban J connectivity index is 1.08. The number of anilines is 1. The van der Waals surface area contributed by atoms with Crippen molar-refractivity contribution in [2.75, 3.05) is 49.6 Å². The molecule has 12 nitrogen and oxygen atoms in total. The lowest BCUT2D eigenvalue weighted by Crippen LogP contribution is -2.43. The van der Waals surface area contributed by atoms with Crippen molar-refractivity contribution in [2.45, 2.75) is 59.2 Å². The number of nitrogens with zero attached hydrogens (tertiary/aromatic N) is 6. The van der Waals surface area contributed by atoms with E-state index in [9.17, 15) is 20.0 Å². The molecule has 1 atom stereocenters. The van der Waals surface area contributed by atoms with Gasteiger partial charge in [-0.3, -0.25) is 19.3 Å². The average Bonchev–Trinajstić information content (AvgIpc) is 3.77. The largest absolute Gasteiger partial charge is 0.508 e. The molecule has 2 N–H and O–H groups in total. The molecule has 1 saturated heterocycles. The maximum Gasteiger partial charge on any atom is 0.258 e. The quantitative estimate of drug-likeness (QED) is 0.124. The number of phenolic OH excluding ortho intramolecular Hbond substituents is 1. The van der Waals surface area contributed by atoms with Gasteiger partial charge < -0.3 is 34.1 Å². The van der Waals surface area contributed by atoms with Gasteiger partial charge in [0.25, 0.3) is 11.8 Å². The molecule has 1 fully saturated rings. The number of carbonyl (C=O) groups excluding carboxylic acids is 3. The van der Waals surface area contributed by atoms with E-state index in [4.69, 9.17) is 4.74 Å². The summed E-state index contributed by atoms with van der Waals surface area (Å²) >= 11 is 2.00. The van der Waals surface area contributed by atoms with Crippen molar-refractivity contribution in [3.8, 4) is 40.0 Å². The van der Waals surface area contributed by atoms with Crippen LogP contribution in [0.5, 0.6) is 11.5 Å². The van der Waals surface area contributed by atoms with Crippen LogP contribution in [0.15, 0.2) is 91.0 Å². The third-order valence-electron chi connectivity index (χ3n) is 14.0. The maximum absolute atomic E-state index is 15.4. The van der Waals surface area contributed by atoms with Gasteiger partial charge in [0.1, 0.15) is 29.9 Å². The molecule has 344 valence electrons. The van der Waals surface area contributed by atoms with Crippen LogP contribution in [0.3, 0.4) is 0 Å². The van der Waals surface area contributed by atoms with E-state index < -0.39 is 0 Å². The molecular formula is C54H57N7O5S. The second-order valence-electron chi connectivity index (χ2n) is 18.1. The third kappa shape index (κ3) is 9.20. The van der Waals surface area contributed by atoms with Crippen molar-refractivity contribution in [1.82, 2.24) is 23.8 Å². The summed E-state index contributed by atoms with van der Waals surface area (Å²) in [7, 11) is 3.75. The number of hydrogen-bond donors (Lipinski definition) is 2. The first kappa shape index (κ1) is 45.4. The minimum Gasteiger partial charge on any atom is -0.508 e. The van der Waals surface area contributed by atoms with Gasteiger partial charge in [-0.05, 0) is 116 Å². The van der Waals surface area contributed by atoms with E-state index in [1.807, 2.05) is 107 Å². The van der Waals surface area contributed by atoms with Gasteiger partial charge in [-0.2, -0.15) is 17.0 Å². The molecule has 6 aromatic rings. The van der Waals surface area contributed by atoms with E-state index in [1.165, 1.54) is 29.2 Å². The minimum absolute atomic E-state index is 0.0120. The predicted octanol–water partition coefficient (Wildman–Crippen LogP) is 8.29. The Morgan fingerprint density at radius 3 is 2.28 bits per heavy atom. The van der Waals surface area contributed by atoms with Crippen LogP contribution in [0.2, 0.25) is 0 Å². The van der Waals surface area contributed by atoms with Gasteiger partial charge in [0.05, 0.1) is 17.7 Å². The van der Waals surface area contributed by atoms with Crippen molar-refractivity contribution >= 4 is 35.2 Å². The Bertz CT molecular complexity index is 2910. The number of fused-ring (bicyclic) bond motifs is 2. The number of nitrogens with one attached hydrogen (secondary N) is 1. The molecule has 0 spiro atoms. The molecule has 5 heterocycles. The lowest BCUT2D eigenvalue weighted by molar-refractivity contribution is -0.131. The van der Waals surface area contributed by atoms with E-state index in [-0.39, 0.29) is 35.9 Å². The lowest BCUT2D eigenvalue weighted by Gasteiger charge is -2.36. The SMILES string of the molecule is Cc1c(-c2c(C(=O)Nc3ccc(O)cc3)c(C)n(C)c2-c2cc3c(cc2C(=O)N2Cc4ccccc4C[C@H]2C)CN(C(=O)Cc2ccc(OCCN4CCSCC4)cc2)CC3)cc(C#N)n1C. The van der Waals surface area contributed by atoms with E-state index >= 15 is 4.79 Å². The van der Waals surface area contributed by atoms with Gasteiger partial charge in [-0.15, -0.1) is 0 Å². The second-order valence-corrected chi connectivity index (χ2v) is 19.3. The van der Waals surface area contributed by atoms with Crippen LogP contribution in [0, 0.1) is 25.2 Å². The molecule has 0 radical (unpaired) electrons. The Morgan fingerprint density at radius 1 is 0.836 bits per heavy atom. The van der Waals surface area contributed by atoms with Crippen molar-refractivity contribution in [1.29, 1.82) is 5.26 Å². The number of nitriles is 1. The van der Waals surface area contributed by atoms with Crippen LogP contribution in [-0.2, 0) is 51.2 Å². The fourth-order valence-corrected chi connectivity index (χ4v) is 10.8. The van der Waals surface area contributed by atoms with Crippen LogP contribution in [0.4, 0.5) is 5.69 Å². The van der Waals surface area contributed by atoms with Crippen molar-refractivity contribution < 1.29 is 24.2 Å². The minimum atomic E-state index is -0.364. The summed E-state index contributed by atoms with van der Waals surface area (Å²) in [6.07, 6.45) is 1.54. The number of amides is 3. The van der Waals surface area contributed by atoms with Crippen LogP contribution >= 0.6 is 11.8 Å². The van der Waals surface area contributed by atoms with Crippen LogP contribution in [0.25, 0.3) is 22.4 Å². The number of thioether (sulfide) groups is 1. The predicted molar refractivity (Wildman–Crippen MR) is 264 cm³/mol. The summed E-state index contributed by atoms with van der Waals surface area (Å²) in [6.45, 7) is 10.9. The Kier molecular flexibility index (Phi) is 13.0. The number of aromatic nitrogens is 2. The standard InChI is InChI=1S/C54H57N7O5S/c1-34-26-38-8-6-7-9-40(38)33-61(34)54(65)48-29-41-32-60(49(63)27-37-10-16-45(17-11-37)66-23-20-59-21-24-67-25-22-59)19-18-39(41)28-47(48)52-51(46-30-43(31-55)57(4)35(46)2)50(36(3)58(52)5)53(64)56-42-12-14-44(62)15-13-42/h6-17,28-30,34,62H,18-27,32-33H2,1-5H3,(H,56,64)/t34-/m1/s1. The van der Waals surface area contributed by atoms with Gasteiger partial charge in [0, 0.05) is 110 Å². The first-order chi connectivity index (χ1) is 32.4. The molecular weight excluding hydrogens is 859 g/mol. The fourth-order valence-electron chi connectivity index (χ4n) is 9.86. The monoisotopic (exact) mass is 915 g/mol. The molecule has 3 aliphatic rings. The number of phenols is 1. The number of rotatable bonds is 11. The van der Waals surface area contributed by atoms with Gasteiger partial charge >= 0.3 is 0 Å². The highest BCUT2D eigenvalue weighted by Gasteiger charge is 2.35. The molecule has 4 aromatic carbocycles. The molecule has 0 aliphatic carbocycles. The molecule has 0 saturated carbocycles. The lowest BCUT2D eigenvalue weighted by atomic mass is 9.87. The zero-order valence-corrected chi connectivity index (χ0v) is 39.7. The normalized spacial score (nSPS) is 16.0. The highest BCUT2D eigenvalue weighted by molar-refractivity contribution is 7.99. The second kappa shape index (κ2) is 19.2. The summed E-state index contributed by atoms with van der Waals surface area (Å²) in [5.41, 5.74) is 11.2. The van der Waals surface area contributed by atoms with E-state index in [1.54, 1.807) is 12.1 Å². The molecule has 13 heteroatoms. The molecule has 0 bridgehead atoms. The zero-order valence-electron chi connectivity index (χ0n) is 38.9. The number of ether oxygens (including phenoxy) is 1. The zero-order chi connectivity index (χ0) is 46.9. The number of aromatic hydroxyl groups is 1. The van der Waals surface area contributed by atoms with Crippen LogP contribution in [-0.4, -0.2) is 97.0 Å². The van der Waals surface area contributed by atoms with Gasteiger partial charge in [0.2, 0.25) is 5.91 Å². The highest BCUT2D eigenvalue weighted by atomic mass is 32.2. The molecule has 3 amide bonds. The van der Waals surface area contributed by atoms with Gasteiger partial charge in [0.15, 0.2) is 0 Å². The topological polar surface area (TPSA) is 136 Å². The van der Waals surface area contributed by atoms with Gasteiger partial charge in [-0.25, -0.2) is 0 Å². The first-order valence-corrected chi connectivity index (χ1v) is 24.2. The number of hydrogen-bond acceptors (Lipinski definition) is 8. The third-order valence-corrected chi connectivity index (χ3v) is 14.9. The summed E-state index contributed by atoms with van der Waals surface area (Å²) in [5, 5.41) is 23.2.